The Kier molecular flexibility index (Phi) is 3.33. The van der Waals surface area contributed by atoms with Gasteiger partial charge in [-0.15, -0.1) is 0 Å². The average Bonchev–Trinajstić information content (AvgIpc) is 2.50. The Morgan fingerprint density at radius 2 is 1.78 bits per heavy atom. The first-order chi connectivity index (χ1) is 10.9. The van der Waals surface area contributed by atoms with Crippen molar-refractivity contribution in [1.82, 2.24) is 0 Å². The Morgan fingerprint density at radius 1 is 1.04 bits per heavy atom. The Hall–Kier alpha value is -3.22. The average molecular weight is 319 g/mol. The highest BCUT2D eigenvalue weighted by molar-refractivity contribution is 5.71. The summed E-state index contributed by atoms with van der Waals surface area (Å²) in [7, 11) is 1.33. The maximum absolute atomic E-state index is 10.2. The van der Waals surface area contributed by atoms with Crippen LogP contribution < -0.4 is 4.74 Å². The monoisotopic (exact) mass is 319 g/mol. The van der Waals surface area contributed by atoms with Crippen molar-refractivity contribution in [2.24, 2.45) is 0 Å². The number of hydrogen-bond donors (Lipinski definition) is 5. The third-order valence-electron chi connectivity index (χ3n) is 3.58. The van der Waals surface area contributed by atoms with E-state index in [1.54, 1.807) is 0 Å². The smallest absolute Gasteiger partial charge is 0.305 e. The molecule has 1 aliphatic heterocycles. The molecule has 120 valence electrons. The molecular formula is C16H15O7+. The van der Waals surface area contributed by atoms with Gasteiger partial charge in [0.15, 0.2) is 11.5 Å². The summed E-state index contributed by atoms with van der Waals surface area (Å²) < 4.78 is 9.24. The Morgan fingerprint density at radius 3 is 2.48 bits per heavy atom. The minimum atomic E-state index is -0.673. The van der Waals surface area contributed by atoms with E-state index >= 15 is 0 Å². The summed E-state index contributed by atoms with van der Waals surface area (Å²) in [6.07, 6.45) is 3.23. The Labute approximate surface area is 131 Å². The molecule has 3 rings (SSSR count). The number of methoxy groups -OCH3 is 1. The molecule has 0 saturated heterocycles. The molecule has 0 saturated carbocycles. The number of phenolic OH excluding ortho intramolecular Hbond substituents is 2. The molecule has 2 aliphatic rings. The van der Waals surface area contributed by atoms with Crippen molar-refractivity contribution in [2.75, 3.05) is 7.11 Å². The minimum Gasteiger partial charge on any atom is -0.571 e. The van der Waals surface area contributed by atoms with Gasteiger partial charge in [-0.25, -0.2) is 0 Å². The zero-order valence-corrected chi connectivity index (χ0v) is 12.1. The predicted molar refractivity (Wildman–Crippen MR) is 81.4 cm³/mol. The van der Waals surface area contributed by atoms with Crippen LogP contribution in [0.25, 0.3) is 5.76 Å². The van der Waals surface area contributed by atoms with E-state index < -0.39 is 17.6 Å². The second-order valence-electron chi connectivity index (χ2n) is 5.07. The standard InChI is InChI=1S/C16H14O7/c1-22-14-3-7(2-11(19)15(14)21)16-12(20)6-9-10(18)4-8(17)5-13(9)23-16/h2-6,13,17-21H,1H3/p+1. The van der Waals surface area contributed by atoms with Crippen LogP contribution in [0.4, 0.5) is 0 Å². The summed E-state index contributed by atoms with van der Waals surface area (Å²) >= 11 is 0. The topological polar surface area (TPSA) is 123 Å². The van der Waals surface area contributed by atoms with E-state index in [1.165, 1.54) is 31.4 Å². The molecule has 0 aromatic heterocycles. The number of aromatic hydroxyl groups is 2. The first-order valence-corrected chi connectivity index (χ1v) is 6.68. The summed E-state index contributed by atoms with van der Waals surface area (Å²) in [4.78, 5) is 0. The van der Waals surface area contributed by atoms with E-state index in [1.807, 2.05) is 0 Å². The fourth-order valence-corrected chi connectivity index (χ4v) is 2.47. The lowest BCUT2D eigenvalue weighted by Gasteiger charge is -2.24. The molecular weight excluding hydrogens is 304 g/mol. The normalized spacial score (nSPS) is 20.0. The summed E-state index contributed by atoms with van der Waals surface area (Å²) in [5, 5.41) is 49.0. The highest BCUT2D eigenvalue weighted by atomic mass is 16.5. The number of fused-ring (bicyclic) bond motifs is 1. The van der Waals surface area contributed by atoms with Crippen molar-refractivity contribution < 1.29 is 35.0 Å². The highest BCUT2D eigenvalue weighted by Gasteiger charge is 2.34. The first kappa shape index (κ1) is 14.7. The van der Waals surface area contributed by atoms with Crippen LogP contribution in [0, 0.1) is 0 Å². The number of rotatable bonds is 2. The number of allylic oxidation sites excluding steroid dienone is 2. The fraction of sp³-hybridized carbons (Fsp3) is 0.125. The molecule has 0 fully saturated rings. The Balaban J connectivity index is 2.09. The molecule has 1 aliphatic carbocycles. The number of benzene rings is 1. The zero-order valence-electron chi connectivity index (χ0n) is 12.1. The van der Waals surface area contributed by atoms with Gasteiger partial charge in [0.2, 0.25) is 17.6 Å². The summed E-state index contributed by atoms with van der Waals surface area (Å²) in [6, 6.07) is 2.64. The predicted octanol–water partition coefficient (Wildman–Crippen LogP) is 2.07. The van der Waals surface area contributed by atoms with Gasteiger partial charge in [-0.1, -0.05) is 0 Å². The maximum atomic E-state index is 10.2. The van der Waals surface area contributed by atoms with Gasteiger partial charge in [-0.05, 0) is 0 Å². The summed E-state index contributed by atoms with van der Waals surface area (Å²) in [5.74, 6) is -1.23. The second-order valence-corrected chi connectivity index (χ2v) is 5.07. The lowest BCUT2D eigenvalue weighted by Crippen LogP contribution is -2.25. The molecule has 1 atom stereocenters. The molecule has 1 aromatic carbocycles. The van der Waals surface area contributed by atoms with Crippen molar-refractivity contribution in [2.45, 2.75) is 6.10 Å². The molecule has 0 spiro atoms. The maximum Gasteiger partial charge on any atom is 0.305 e. The lowest BCUT2D eigenvalue weighted by molar-refractivity contribution is 0.0460. The number of aliphatic hydroxyl groups is 5. The van der Waals surface area contributed by atoms with Crippen LogP contribution in [0.1, 0.15) is 5.56 Å². The van der Waals surface area contributed by atoms with E-state index in [-0.39, 0.29) is 28.8 Å². The van der Waals surface area contributed by atoms with Crippen molar-refractivity contribution in [3.8, 4) is 17.2 Å². The number of hydrogen-bond acceptors (Lipinski definition) is 6. The highest BCUT2D eigenvalue weighted by Crippen LogP contribution is 2.40. The third kappa shape index (κ3) is 2.42. The van der Waals surface area contributed by atoms with Gasteiger partial charge in [0.1, 0.15) is 11.5 Å². The molecule has 0 radical (unpaired) electrons. The van der Waals surface area contributed by atoms with Crippen LogP contribution in [-0.4, -0.2) is 43.5 Å². The molecule has 0 amide bonds. The van der Waals surface area contributed by atoms with Crippen LogP contribution in [0.15, 0.2) is 53.2 Å². The number of ether oxygens (including phenoxy) is 2. The SMILES string of the molecule is COc1cc(C2=C(O)C=C3C(O)=CC(O)=CC3[OH+]2)cc(O)c1O. The van der Waals surface area contributed by atoms with Crippen LogP contribution >= 0.6 is 0 Å². The largest absolute Gasteiger partial charge is 0.571 e. The quantitative estimate of drug-likeness (QED) is 0.420. The summed E-state index contributed by atoms with van der Waals surface area (Å²) in [6.45, 7) is 0. The molecule has 7 heteroatoms. The van der Waals surface area contributed by atoms with E-state index in [0.717, 1.165) is 6.08 Å². The third-order valence-corrected chi connectivity index (χ3v) is 3.58. The lowest BCUT2D eigenvalue weighted by atomic mass is 9.97. The van der Waals surface area contributed by atoms with Crippen LogP contribution in [0.3, 0.4) is 0 Å². The zero-order chi connectivity index (χ0) is 16.7. The van der Waals surface area contributed by atoms with E-state index in [2.05, 4.69) is 4.74 Å². The van der Waals surface area contributed by atoms with Gasteiger partial charge in [0, 0.05) is 24.3 Å². The molecule has 1 unspecified atom stereocenters. The van der Waals surface area contributed by atoms with Crippen LogP contribution in [0.5, 0.6) is 17.2 Å². The van der Waals surface area contributed by atoms with E-state index in [9.17, 15) is 25.5 Å². The van der Waals surface area contributed by atoms with Gasteiger partial charge >= 0.3 is 5.76 Å². The van der Waals surface area contributed by atoms with E-state index in [4.69, 9.17) is 4.74 Å². The van der Waals surface area contributed by atoms with Crippen molar-refractivity contribution in [3.63, 3.8) is 0 Å². The minimum absolute atomic E-state index is 0.0232. The fourth-order valence-electron chi connectivity index (χ4n) is 2.47. The number of aliphatic hydroxyl groups excluding tert-OH is 3. The van der Waals surface area contributed by atoms with Gasteiger partial charge in [-0.3, -0.25) is 0 Å². The molecule has 1 aromatic rings. The van der Waals surface area contributed by atoms with Crippen LogP contribution in [0.2, 0.25) is 0 Å². The van der Waals surface area contributed by atoms with Gasteiger partial charge in [0.25, 0.3) is 0 Å². The molecule has 0 bridgehead atoms. The molecule has 6 N–H and O–H groups in total. The van der Waals surface area contributed by atoms with Gasteiger partial charge in [-0.2, -0.15) is 0 Å². The van der Waals surface area contributed by atoms with Crippen LogP contribution in [-0.2, 0) is 0 Å². The molecule has 1 heterocycles. The Bertz CT molecular complexity index is 799. The second kappa shape index (κ2) is 5.20. The molecule has 23 heavy (non-hydrogen) atoms. The van der Waals surface area contributed by atoms with Crippen molar-refractivity contribution >= 4 is 5.76 Å². The number of phenols is 2. The van der Waals surface area contributed by atoms with Crippen molar-refractivity contribution in [1.29, 1.82) is 0 Å². The van der Waals surface area contributed by atoms with Crippen molar-refractivity contribution in [3.05, 3.63) is 58.8 Å². The first-order valence-electron chi connectivity index (χ1n) is 6.68. The van der Waals surface area contributed by atoms with Gasteiger partial charge < -0.3 is 35.0 Å². The van der Waals surface area contributed by atoms with Gasteiger partial charge in [0.05, 0.1) is 24.3 Å². The van der Waals surface area contributed by atoms with E-state index in [0.29, 0.717) is 11.1 Å². The summed E-state index contributed by atoms with van der Waals surface area (Å²) in [5.41, 5.74) is 0.658. The molecule has 7 nitrogen and oxygen atoms in total.